The van der Waals surface area contributed by atoms with Gasteiger partial charge in [-0.25, -0.2) is 0 Å². The van der Waals surface area contributed by atoms with Gasteiger partial charge in [-0.1, -0.05) is 6.07 Å². The molecule has 1 rings (SSSR count). The molecule has 0 fully saturated rings. The highest BCUT2D eigenvalue weighted by atomic mass is 16.5. The minimum atomic E-state index is -0.121. The summed E-state index contributed by atoms with van der Waals surface area (Å²) >= 11 is 0. The average molecular weight is 281 g/mol. The van der Waals surface area contributed by atoms with Gasteiger partial charge < -0.3 is 19.5 Å². The third kappa shape index (κ3) is 3.63. The summed E-state index contributed by atoms with van der Waals surface area (Å²) in [6.45, 7) is 4.46. The lowest BCUT2D eigenvalue weighted by Gasteiger charge is -2.27. The first-order valence-electron chi connectivity index (χ1n) is 6.69. The first kappa shape index (κ1) is 16.3. The largest absolute Gasteiger partial charge is 0.493 e. The van der Waals surface area contributed by atoms with Crippen molar-refractivity contribution in [3.8, 4) is 11.5 Å². The fourth-order valence-electron chi connectivity index (χ4n) is 2.05. The van der Waals surface area contributed by atoms with Crippen LogP contribution in [0.1, 0.15) is 30.6 Å². The lowest BCUT2D eigenvalue weighted by atomic mass is 10.1. The third-order valence-electron chi connectivity index (χ3n) is 3.07. The molecule has 0 saturated carbocycles. The molecule has 20 heavy (non-hydrogen) atoms. The first-order valence-corrected chi connectivity index (χ1v) is 6.69. The summed E-state index contributed by atoms with van der Waals surface area (Å²) in [5, 5.41) is 8.95. The Morgan fingerprint density at radius 3 is 2.50 bits per heavy atom. The number of methoxy groups -OCH3 is 2. The van der Waals surface area contributed by atoms with Crippen molar-refractivity contribution in [1.82, 2.24) is 4.90 Å². The maximum atomic E-state index is 12.6. The topological polar surface area (TPSA) is 59.0 Å². The predicted octanol–water partition coefficient (Wildman–Crippen LogP) is 1.94. The van der Waals surface area contributed by atoms with Gasteiger partial charge in [-0.15, -0.1) is 0 Å². The number of amides is 1. The zero-order valence-electron chi connectivity index (χ0n) is 12.5. The van der Waals surface area contributed by atoms with E-state index < -0.39 is 0 Å². The summed E-state index contributed by atoms with van der Waals surface area (Å²) in [5.74, 6) is 0.850. The maximum Gasteiger partial charge on any atom is 0.257 e. The number of carbonyl (C=O) groups is 1. The Morgan fingerprint density at radius 1 is 1.30 bits per heavy atom. The van der Waals surface area contributed by atoms with Crippen molar-refractivity contribution in [3.63, 3.8) is 0 Å². The van der Waals surface area contributed by atoms with Crippen LogP contribution in [0.5, 0.6) is 11.5 Å². The highest BCUT2D eigenvalue weighted by molar-refractivity contribution is 5.98. The molecule has 0 radical (unpaired) electrons. The maximum absolute atomic E-state index is 12.6. The number of rotatable bonds is 7. The molecule has 0 spiro atoms. The van der Waals surface area contributed by atoms with Gasteiger partial charge in [-0.2, -0.15) is 0 Å². The summed E-state index contributed by atoms with van der Waals surface area (Å²) < 4.78 is 10.5. The molecule has 1 aromatic carbocycles. The van der Waals surface area contributed by atoms with Gasteiger partial charge in [0.25, 0.3) is 5.91 Å². The molecule has 0 atom stereocenters. The zero-order valence-corrected chi connectivity index (χ0v) is 12.5. The minimum Gasteiger partial charge on any atom is -0.493 e. The van der Waals surface area contributed by atoms with Gasteiger partial charge in [0.1, 0.15) is 0 Å². The SMILES string of the molecule is COc1cccc(C(=O)N(CCCO)C(C)C)c1OC. The van der Waals surface area contributed by atoms with E-state index in [0.717, 1.165) is 0 Å². The lowest BCUT2D eigenvalue weighted by Crippen LogP contribution is -2.38. The van der Waals surface area contributed by atoms with Gasteiger partial charge in [-0.05, 0) is 32.4 Å². The highest BCUT2D eigenvalue weighted by Crippen LogP contribution is 2.31. The van der Waals surface area contributed by atoms with Crippen LogP contribution in [-0.2, 0) is 0 Å². The Labute approximate surface area is 120 Å². The number of hydrogen-bond acceptors (Lipinski definition) is 4. The molecule has 5 heteroatoms. The molecule has 0 aliphatic rings. The van der Waals surface area contributed by atoms with E-state index in [-0.39, 0.29) is 18.6 Å². The normalized spacial score (nSPS) is 10.5. The molecule has 1 aromatic rings. The van der Waals surface area contributed by atoms with Gasteiger partial charge in [0.05, 0.1) is 19.8 Å². The molecule has 112 valence electrons. The molecule has 0 aromatic heterocycles. The van der Waals surface area contributed by atoms with E-state index >= 15 is 0 Å². The van der Waals surface area contributed by atoms with Gasteiger partial charge in [-0.3, -0.25) is 4.79 Å². The van der Waals surface area contributed by atoms with Crippen LogP contribution in [0.4, 0.5) is 0 Å². The van der Waals surface area contributed by atoms with E-state index in [1.54, 1.807) is 23.1 Å². The molecule has 0 bridgehead atoms. The van der Waals surface area contributed by atoms with Crippen LogP contribution in [0.2, 0.25) is 0 Å². The van der Waals surface area contributed by atoms with Crippen LogP contribution in [0.15, 0.2) is 18.2 Å². The van der Waals surface area contributed by atoms with Crippen molar-refractivity contribution in [1.29, 1.82) is 0 Å². The van der Waals surface area contributed by atoms with Crippen LogP contribution in [0.3, 0.4) is 0 Å². The summed E-state index contributed by atoms with van der Waals surface area (Å²) in [6, 6.07) is 5.28. The zero-order chi connectivity index (χ0) is 15.1. The number of benzene rings is 1. The van der Waals surface area contributed by atoms with Crippen molar-refractivity contribution >= 4 is 5.91 Å². The van der Waals surface area contributed by atoms with E-state index in [1.165, 1.54) is 14.2 Å². The number of aliphatic hydroxyl groups excluding tert-OH is 1. The van der Waals surface area contributed by atoms with Crippen LogP contribution in [0, 0.1) is 0 Å². The Hall–Kier alpha value is -1.75. The fourth-order valence-corrected chi connectivity index (χ4v) is 2.05. The summed E-state index contributed by atoms with van der Waals surface area (Å²) in [7, 11) is 3.06. The summed E-state index contributed by atoms with van der Waals surface area (Å²) in [4.78, 5) is 14.4. The van der Waals surface area contributed by atoms with Crippen molar-refractivity contribution < 1.29 is 19.4 Å². The Kier molecular flexibility index (Phi) is 6.31. The van der Waals surface area contributed by atoms with Crippen LogP contribution < -0.4 is 9.47 Å². The number of carbonyl (C=O) groups excluding carboxylic acids is 1. The molecule has 0 heterocycles. The highest BCUT2D eigenvalue weighted by Gasteiger charge is 2.23. The molecule has 1 N–H and O–H groups in total. The number of hydrogen-bond donors (Lipinski definition) is 1. The first-order chi connectivity index (χ1) is 9.56. The second-order valence-corrected chi connectivity index (χ2v) is 4.71. The lowest BCUT2D eigenvalue weighted by molar-refractivity contribution is 0.0689. The average Bonchev–Trinajstić information content (AvgIpc) is 2.45. The summed E-state index contributed by atoms with van der Waals surface area (Å²) in [5.41, 5.74) is 0.471. The third-order valence-corrected chi connectivity index (χ3v) is 3.07. The van der Waals surface area contributed by atoms with Crippen LogP contribution >= 0.6 is 0 Å². The van der Waals surface area contributed by atoms with Gasteiger partial charge in [0.2, 0.25) is 0 Å². The van der Waals surface area contributed by atoms with E-state index in [9.17, 15) is 4.79 Å². The number of aliphatic hydroxyl groups is 1. The van der Waals surface area contributed by atoms with E-state index in [1.807, 2.05) is 13.8 Å². The molecule has 0 aliphatic carbocycles. The molecule has 5 nitrogen and oxygen atoms in total. The summed E-state index contributed by atoms with van der Waals surface area (Å²) in [6.07, 6.45) is 0.552. The minimum absolute atomic E-state index is 0.0463. The molecule has 0 unspecified atom stereocenters. The second kappa shape index (κ2) is 7.75. The van der Waals surface area contributed by atoms with Crippen molar-refractivity contribution in [2.24, 2.45) is 0 Å². The molecular weight excluding hydrogens is 258 g/mol. The quantitative estimate of drug-likeness (QED) is 0.829. The molecular formula is C15H23NO4. The molecule has 0 saturated heterocycles. The van der Waals surface area contributed by atoms with Crippen LogP contribution in [0.25, 0.3) is 0 Å². The van der Waals surface area contributed by atoms with Crippen molar-refractivity contribution in [3.05, 3.63) is 23.8 Å². The van der Waals surface area contributed by atoms with Gasteiger partial charge in [0.15, 0.2) is 11.5 Å². The Bertz CT molecular complexity index is 445. The fraction of sp³-hybridized carbons (Fsp3) is 0.533. The molecule has 0 aliphatic heterocycles. The number of nitrogens with zero attached hydrogens (tertiary/aromatic N) is 1. The van der Waals surface area contributed by atoms with Gasteiger partial charge >= 0.3 is 0 Å². The smallest absolute Gasteiger partial charge is 0.257 e. The Morgan fingerprint density at radius 2 is 2.00 bits per heavy atom. The van der Waals surface area contributed by atoms with E-state index in [0.29, 0.717) is 30.0 Å². The standard InChI is InChI=1S/C15H23NO4/c1-11(2)16(9-6-10-17)15(18)12-7-5-8-13(19-3)14(12)20-4/h5,7-8,11,17H,6,9-10H2,1-4H3. The van der Waals surface area contributed by atoms with E-state index in [4.69, 9.17) is 14.6 Å². The van der Waals surface area contributed by atoms with Crippen LogP contribution in [-0.4, -0.2) is 49.3 Å². The van der Waals surface area contributed by atoms with Gasteiger partial charge in [0, 0.05) is 19.2 Å². The van der Waals surface area contributed by atoms with Crippen molar-refractivity contribution in [2.75, 3.05) is 27.4 Å². The number of ether oxygens (including phenoxy) is 2. The monoisotopic (exact) mass is 281 g/mol. The van der Waals surface area contributed by atoms with Crippen molar-refractivity contribution in [2.45, 2.75) is 26.3 Å². The number of para-hydroxylation sites is 1. The Balaban J connectivity index is 3.11. The second-order valence-electron chi connectivity index (χ2n) is 4.71. The predicted molar refractivity (Wildman–Crippen MR) is 77.4 cm³/mol. The van der Waals surface area contributed by atoms with E-state index in [2.05, 4.69) is 0 Å². The molecule has 1 amide bonds.